The number of hydrogen-bond acceptors (Lipinski definition) is 1. The van der Waals surface area contributed by atoms with Gasteiger partial charge in [0, 0.05) is 32.1 Å². The molecule has 0 N–H and O–H groups in total. The summed E-state index contributed by atoms with van der Waals surface area (Å²) in [6.07, 6.45) is 2.78. The van der Waals surface area contributed by atoms with E-state index in [9.17, 15) is 0 Å². The van der Waals surface area contributed by atoms with E-state index in [1.54, 1.807) is 0 Å². The number of pyridine rings is 1. The molecule has 1 aromatic carbocycles. The Kier molecular flexibility index (Phi) is 4.98. The molecule has 2 aromatic rings. The third kappa shape index (κ3) is 3.65. The Morgan fingerprint density at radius 2 is 1.94 bits per heavy atom. The van der Waals surface area contributed by atoms with E-state index in [1.807, 2.05) is 13.1 Å². The molecule has 1 unspecified atom stereocenters. The topological polar surface area (TPSA) is 12.9 Å². The standard InChI is InChI=1S/C14H12Br3N/c1-9-2-4-11(18-8-9)7-14(17)12-5-3-10(15)6-13(12)16/h2-6,8,14H,7H2,1H3. The molecular formula is C14H12Br3N. The molecule has 0 saturated heterocycles. The molecule has 1 nitrogen and oxygen atoms in total. The zero-order valence-electron chi connectivity index (χ0n) is 9.83. The molecule has 0 saturated carbocycles. The molecule has 2 rings (SSSR count). The highest BCUT2D eigenvalue weighted by Gasteiger charge is 2.12. The first-order valence-corrected chi connectivity index (χ1v) is 8.07. The summed E-state index contributed by atoms with van der Waals surface area (Å²) in [5, 5.41) is 0. The van der Waals surface area contributed by atoms with Crippen LogP contribution in [0.5, 0.6) is 0 Å². The third-order valence-electron chi connectivity index (χ3n) is 2.66. The lowest BCUT2D eigenvalue weighted by atomic mass is 10.1. The van der Waals surface area contributed by atoms with Crippen molar-refractivity contribution in [3.63, 3.8) is 0 Å². The largest absolute Gasteiger partial charge is 0.261 e. The van der Waals surface area contributed by atoms with Crippen LogP contribution in [0.2, 0.25) is 0 Å². The number of rotatable bonds is 3. The second kappa shape index (κ2) is 6.31. The van der Waals surface area contributed by atoms with Crippen LogP contribution >= 0.6 is 47.8 Å². The van der Waals surface area contributed by atoms with Crippen LogP contribution in [0.4, 0.5) is 0 Å². The number of halogens is 3. The van der Waals surface area contributed by atoms with Gasteiger partial charge >= 0.3 is 0 Å². The van der Waals surface area contributed by atoms with Crippen molar-refractivity contribution < 1.29 is 0 Å². The number of nitrogens with zero attached hydrogens (tertiary/aromatic N) is 1. The van der Waals surface area contributed by atoms with Gasteiger partial charge in [-0.15, -0.1) is 0 Å². The van der Waals surface area contributed by atoms with Crippen molar-refractivity contribution in [2.75, 3.05) is 0 Å². The van der Waals surface area contributed by atoms with Crippen LogP contribution in [-0.4, -0.2) is 4.98 Å². The Morgan fingerprint density at radius 1 is 1.17 bits per heavy atom. The summed E-state index contributed by atoms with van der Waals surface area (Å²) in [5.41, 5.74) is 3.52. The molecular weight excluding hydrogens is 422 g/mol. The molecule has 0 radical (unpaired) electrons. The molecule has 18 heavy (non-hydrogen) atoms. The van der Waals surface area contributed by atoms with E-state index in [4.69, 9.17) is 0 Å². The first-order valence-electron chi connectivity index (χ1n) is 5.57. The van der Waals surface area contributed by atoms with Gasteiger partial charge in [-0.25, -0.2) is 0 Å². The van der Waals surface area contributed by atoms with Gasteiger partial charge in [-0.1, -0.05) is 59.9 Å². The Labute approximate surface area is 132 Å². The van der Waals surface area contributed by atoms with Crippen molar-refractivity contribution in [1.29, 1.82) is 0 Å². The maximum atomic E-state index is 4.44. The molecule has 0 fully saturated rings. The molecule has 1 atom stereocenters. The zero-order chi connectivity index (χ0) is 13.1. The van der Waals surface area contributed by atoms with Crippen LogP contribution in [-0.2, 0) is 6.42 Å². The molecule has 1 heterocycles. The number of aromatic nitrogens is 1. The molecule has 0 spiro atoms. The van der Waals surface area contributed by atoms with E-state index >= 15 is 0 Å². The number of aryl methyl sites for hydroxylation is 1. The van der Waals surface area contributed by atoms with Gasteiger partial charge < -0.3 is 0 Å². The number of benzene rings is 1. The first-order chi connectivity index (χ1) is 8.56. The fourth-order valence-electron chi connectivity index (χ4n) is 1.67. The van der Waals surface area contributed by atoms with E-state index in [0.717, 1.165) is 21.1 Å². The van der Waals surface area contributed by atoms with Gasteiger partial charge in [0.1, 0.15) is 0 Å². The van der Waals surface area contributed by atoms with Gasteiger partial charge in [0.2, 0.25) is 0 Å². The lowest BCUT2D eigenvalue weighted by molar-refractivity contribution is 0.898. The summed E-state index contributed by atoms with van der Waals surface area (Å²) < 4.78 is 2.18. The van der Waals surface area contributed by atoms with Crippen molar-refractivity contribution in [1.82, 2.24) is 4.98 Å². The molecule has 4 heteroatoms. The van der Waals surface area contributed by atoms with E-state index < -0.39 is 0 Å². The van der Waals surface area contributed by atoms with Gasteiger partial charge in [0.05, 0.1) is 0 Å². The SMILES string of the molecule is Cc1ccc(CC(Br)c2ccc(Br)cc2Br)nc1. The predicted octanol–water partition coefficient (Wildman–Crippen LogP) is 5.59. The highest BCUT2D eigenvalue weighted by Crippen LogP contribution is 2.33. The summed E-state index contributed by atoms with van der Waals surface area (Å²) in [7, 11) is 0. The summed E-state index contributed by atoms with van der Waals surface area (Å²) in [6, 6.07) is 10.4. The third-order valence-corrected chi connectivity index (χ3v) is 4.66. The fraction of sp³-hybridized carbons (Fsp3) is 0.214. The summed E-state index contributed by atoms with van der Waals surface area (Å²) >= 11 is 10.8. The van der Waals surface area contributed by atoms with Gasteiger partial charge in [-0.2, -0.15) is 0 Å². The van der Waals surface area contributed by atoms with E-state index in [2.05, 4.69) is 83.1 Å². The average molecular weight is 434 g/mol. The number of hydrogen-bond donors (Lipinski definition) is 0. The van der Waals surface area contributed by atoms with Crippen LogP contribution in [0.1, 0.15) is 21.6 Å². The minimum atomic E-state index is 0.259. The molecule has 0 aliphatic rings. The minimum absolute atomic E-state index is 0.259. The predicted molar refractivity (Wildman–Crippen MR) is 86.2 cm³/mol. The fourth-order valence-corrected chi connectivity index (χ4v) is 4.03. The zero-order valence-corrected chi connectivity index (χ0v) is 14.6. The normalized spacial score (nSPS) is 12.4. The average Bonchev–Trinajstić information content (AvgIpc) is 2.32. The monoisotopic (exact) mass is 431 g/mol. The van der Waals surface area contributed by atoms with Crippen molar-refractivity contribution in [2.24, 2.45) is 0 Å². The smallest absolute Gasteiger partial charge is 0.0461 e. The lowest BCUT2D eigenvalue weighted by Crippen LogP contribution is -1.98. The van der Waals surface area contributed by atoms with E-state index in [-0.39, 0.29) is 4.83 Å². The Bertz CT molecular complexity index is 537. The van der Waals surface area contributed by atoms with Crippen LogP contribution in [0, 0.1) is 6.92 Å². The summed E-state index contributed by atoms with van der Waals surface area (Å²) in [4.78, 5) is 4.70. The van der Waals surface area contributed by atoms with E-state index in [0.29, 0.717) is 0 Å². The van der Waals surface area contributed by atoms with Crippen molar-refractivity contribution in [3.8, 4) is 0 Å². The second-order valence-corrected chi connectivity index (χ2v) is 7.04. The maximum Gasteiger partial charge on any atom is 0.0461 e. The molecule has 0 aliphatic carbocycles. The Morgan fingerprint density at radius 3 is 2.56 bits per heavy atom. The van der Waals surface area contributed by atoms with Gasteiger partial charge in [-0.3, -0.25) is 4.98 Å². The number of alkyl halides is 1. The molecule has 0 aliphatic heterocycles. The summed E-state index contributed by atoms with van der Waals surface area (Å²) in [5.74, 6) is 0. The van der Waals surface area contributed by atoms with Crippen LogP contribution < -0.4 is 0 Å². The van der Waals surface area contributed by atoms with Gasteiger partial charge in [-0.05, 0) is 36.2 Å². The quantitative estimate of drug-likeness (QED) is 0.574. The van der Waals surface area contributed by atoms with Crippen molar-refractivity contribution in [3.05, 3.63) is 62.3 Å². The second-order valence-electron chi connectivity index (χ2n) is 4.16. The van der Waals surface area contributed by atoms with Gasteiger partial charge in [0.15, 0.2) is 0 Å². The van der Waals surface area contributed by atoms with Crippen LogP contribution in [0.15, 0.2) is 45.5 Å². The highest BCUT2D eigenvalue weighted by atomic mass is 79.9. The van der Waals surface area contributed by atoms with E-state index in [1.165, 1.54) is 11.1 Å². The highest BCUT2D eigenvalue weighted by molar-refractivity contribution is 9.11. The van der Waals surface area contributed by atoms with Crippen molar-refractivity contribution >= 4 is 47.8 Å². The molecule has 0 bridgehead atoms. The Balaban J connectivity index is 2.16. The van der Waals surface area contributed by atoms with Crippen LogP contribution in [0.3, 0.4) is 0 Å². The molecule has 0 amide bonds. The van der Waals surface area contributed by atoms with Gasteiger partial charge in [0.25, 0.3) is 0 Å². The van der Waals surface area contributed by atoms with Crippen LogP contribution in [0.25, 0.3) is 0 Å². The molecule has 1 aromatic heterocycles. The summed E-state index contributed by atoms with van der Waals surface area (Å²) in [6.45, 7) is 2.05. The Hall–Kier alpha value is -0.190. The minimum Gasteiger partial charge on any atom is -0.261 e. The van der Waals surface area contributed by atoms with Crippen molar-refractivity contribution in [2.45, 2.75) is 18.2 Å². The molecule has 94 valence electrons. The first kappa shape index (κ1) is 14.2. The lowest BCUT2D eigenvalue weighted by Gasteiger charge is -2.12. The maximum absolute atomic E-state index is 4.44.